The monoisotopic (exact) mass is 613 g/mol. The highest BCUT2D eigenvalue weighted by molar-refractivity contribution is 5.99. The van der Waals surface area contributed by atoms with Crippen LogP contribution in [0.4, 0.5) is 10.5 Å². The molecule has 10 heteroatoms. The first kappa shape index (κ1) is 35.2. The van der Waals surface area contributed by atoms with Crippen LogP contribution in [0, 0.1) is 0 Å². The Labute approximate surface area is 264 Å². The Hall–Kier alpha value is -3.30. The molecule has 3 amide bonds. The van der Waals surface area contributed by atoms with E-state index in [4.69, 9.17) is 9.47 Å². The summed E-state index contributed by atoms with van der Waals surface area (Å²) >= 11 is 0. The minimum Gasteiger partial charge on any atom is -0.494 e. The Morgan fingerprint density at radius 2 is 1.64 bits per heavy atom. The van der Waals surface area contributed by atoms with Crippen molar-refractivity contribution >= 4 is 29.6 Å². The quantitative estimate of drug-likeness (QED) is 0.152. The third kappa shape index (κ3) is 12.0. The first-order valence-electron chi connectivity index (χ1n) is 16.9. The van der Waals surface area contributed by atoms with E-state index in [-0.39, 0.29) is 30.6 Å². The fourth-order valence-corrected chi connectivity index (χ4v) is 5.57. The minimum absolute atomic E-state index is 0.0108. The molecule has 1 fully saturated rings. The Bertz CT molecular complexity index is 1070. The molecule has 2 aliphatic rings. The molecule has 0 radical (unpaired) electrons. The van der Waals surface area contributed by atoms with Gasteiger partial charge in [-0.25, -0.2) is 9.79 Å². The molecule has 3 rings (SSSR count). The van der Waals surface area contributed by atoms with Crippen LogP contribution < -0.4 is 10.1 Å². The number of nitrogens with zero attached hydrogens (tertiary/aromatic N) is 4. The molecule has 1 heterocycles. The lowest BCUT2D eigenvalue weighted by Gasteiger charge is -2.30. The molecular weight excluding hydrogens is 558 g/mol. The van der Waals surface area contributed by atoms with Gasteiger partial charge >= 0.3 is 12.0 Å². The normalized spacial score (nSPS) is 14.5. The van der Waals surface area contributed by atoms with Crippen LogP contribution in [-0.4, -0.2) is 85.0 Å². The molecule has 246 valence electrons. The van der Waals surface area contributed by atoms with Crippen LogP contribution in [0.15, 0.2) is 23.2 Å². The van der Waals surface area contributed by atoms with Crippen molar-refractivity contribution in [3.05, 3.63) is 23.8 Å². The zero-order chi connectivity index (χ0) is 31.7. The molecule has 1 saturated carbocycles. The summed E-state index contributed by atoms with van der Waals surface area (Å²) in [6.45, 7) is 6.91. The number of hydrogen-bond acceptors (Lipinski definition) is 7. The molecule has 1 N–H and O–H groups in total. The maximum atomic E-state index is 13.0. The molecule has 1 aliphatic carbocycles. The van der Waals surface area contributed by atoms with E-state index in [1.54, 1.807) is 19.0 Å². The molecular formula is C34H55N5O5. The van der Waals surface area contributed by atoms with E-state index >= 15 is 0 Å². The van der Waals surface area contributed by atoms with Gasteiger partial charge in [-0.2, -0.15) is 0 Å². The van der Waals surface area contributed by atoms with Gasteiger partial charge < -0.3 is 24.2 Å². The zero-order valence-electron chi connectivity index (χ0n) is 27.6. The smallest absolute Gasteiger partial charge is 0.325 e. The number of urea groups is 1. The zero-order valence-corrected chi connectivity index (χ0v) is 27.6. The summed E-state index contributed by atoms with van der Waals surface area (Å²) in [7, 11) is 3.31. The summed E-state index contributed by atoms with van der Waals surface area (Å²) in [5.74, 6) is 0.903. The number of esters is 1. The lowest BCUT2D eigenvalue weighted by atomic mass is 10.1. The second kappa shape index (κ2) is 19.2. The third-order valence-corrected chi connectivity index (χ3v) is 8.20. The van der Waals surface area contributed by atoms with Gasteiger partial charge in [0.2, 0.25) is 11.9 Å². The number of carbonyl (C=O) groups is 3. The van der Waals surface area contributed by atoms with Crippen molar-refractivity contribution in [3.63, 3.8) is 0 Å². The Morgan fingerprint density at radius 3 is 2.27 bits per heavy atom. The maximum Gasteiger partial charge on any atom is 0.325 e. The van der Waals surface area contributed by atoms with Gasteiger partial charge in [0.25, 0.3) is 0 Å². The number of benzene rings is 1. The number of rotatable bonds is 18. The first-order chi connectivity index (χ1) is 21.3. The van der Waals surface area contributed by atoms with E-state index in [9.17, 15) is 14.4 Å². The van der Waals surface area contributed by atoms with Crippen LogP contribution in [0.25, 0.3) is 0 Å². The summed E-state index contributed by atoms with van der Waals surface area (Å²) in [5.41, 5.74) is 1.60. The van der Waals surface area contributed by atoms with Crippen LogP contribution in [-0.2, 0) is 20.9 Å². The summed E-state index contributed by atoms with van der Waals surface area (Å²) in [5, 5.41) is 2.81. The fraction of sp³-hybridized carbons (Fsp3) is 0.706. The number of aliphatic imine (C=N–C) groups is 1. The Kier molecular flexibility index (Phi) is 15.3. The molecule has 0 bridgehead atoms. The second-order valence-corrected chi connectivity index (χ2v) is 12.3. The summed E-state index contributed by atoms with van der Waals surface area (Å²) in [6, 6.07) is 5.32. The number of nitrogens with one attached hydrogen (secondary N) is 1. The standard InChI is InChI=1S/C34H55N5O5/c1-5-7-9-13-21-38(22-14-10-8-6-2)31(40)18-15-23-43-29-19-20-30-27(24-29)25-39(33(35-30)36-34(42)37(3)4)26-32(41)44-28-16-11-12-17-28/h19-20,24,28H,5-18,21-23,25-26H2,1-4H3,(H,35,36,42). The average molecular weight is 614 g/mol. The predicted molar refractivity (Wildman–Crippen MR) is 174 cm³/mol. The topological polar surface area (TPSA) is 104 Å². The lowest BCUT2D eigenvalue weighted by Crippen LogP contribution is -2.50. The van der Waals surface area contributed by atoms with Crippen molar-refractivity contribution in [3.8, 4) is 5.75 Å². The van der Waals surface area contributed by atoms with E-state index in [1.807, 2.05) is 18.2 Å². The number of unbranched alkanes of at least 4 members (excludes halogenated alkanes) is 6. The molecule has 0 unspecified atom stereocenters. The molecule has 0 spiro atoms. The molecule has 0 atom stereocenters. The SMILES string of the molecule is CCCCCCN(CCCCCC)C(=O)CCCOc1ccc2c(c1)CN(CC(=O)OC1CCCC1)C(NC(=O)N(C)C)=N2. The highest BCUT2D eigenvalue weighted by atomic mass is 16.5. The van der Waals surface area contributed by atoms with E-state index in [0.717, 1.165) is 57.2 Å². The van der Waals surface area contributed by atoms with Crippen LogP contribution in [0.2, 0.25) is 0 Å². The van der Waals surface area contributed by atoms with Gasteiger partial charge in [-0.05, 0) is 63.1 Å². The van der Waals surface area contributed by atoms with Gasteiger partial charge in [0.1, 0.15) is 18.4 Å². The van der Waals surface area contributed by atoms with Gasteiger partial charge in [0, 0.05) is 45.7 Å². The number of carbonyl (C=O) groups excluding carboxylic acids is 3. The number of amides is 3. The van der Waals surface area contributed by atoms with Gasteiger partial charge in [0.05, 0.1) is 12.3 Å². The molecule has 0 saturated heterocycles. The minimum atomic E-state index is -0.325. The molecule has 10 nitrogen and oxygen atoms in total. The summed E-state index contributed by atoms with van der Waals surface area (Å²) in [6.07, 6.45) is 14.3. The number of fused-ring (bicyclic) bond motifs is 1. The molecule has 0 aromatic heterocycles. The van der Waals surface area contributed by atoms with E-state index in [1.165, 1.54) is 43.4 Å². The molecule has 1 aromatic carbocycles. The van der Waals surface area contributed by atoms with Gasteiger partial charge in [0.15, 0.2) is 0 Å². The summed E-state index contributed by atoms with van der Waals surface area (Å²) < 4.78 is 11.7. The largest absolute Gasteiger partial charge is 0.494 e. The van der Waals surface area contributed by atoms with Crippen LogP contribution in [0.3, 0.4) is 0 Å². The molecule has 1 aliphatic heterocycles. The highest BCUT2D eigenvalue weighted by Crippen LogP contribution is 2.30. The molecule has 44 heavy (non-hydrogen) atoms. The van der Waals surface area contributed by atoms with Crippen molar-refractivity contribution in [2.24, 2.45) is 4.99 Å². The Morgan fingerprint density at radius 1 is 0.955 bits per heavy atom. The van der Waals surface area contributed by atoms with Crippen LogP contribution in [0.5, 0.6) is 5.75 Å². The first-order valence-corrected chi connectivity index (χ1v) is 16.9. The van der Waals surface area contributed by atoms with Crippen LogP contribution >= 0.6 is 0 Å². The number of guanidine groups is 1. The van der Waals surface area contributed by atoms with Crippen molar-refractivity contribution in [2.75, 3.05) is 40.3 Å². The van der Waals surface area contributed by atoms with Gasteiger partial charge in [-0.1, -0.05) is 52.4 Å². The molecule has 1 aromatic rings. The van der Waals surface area contributed by atoms with Crippen molar-refractivity contribution in [1.29, 1.82) is 0 Å². The Balaban J connectivity index is 1.56. The van der Waals surface area contributed by atoms with Crippen molar-refractivity contribution in [1.82, 2.24) is 20.0 Å². The summed E-state index contributed by atoms with van der Waals surface area (Å²) in [4.78, 5) is 48.1. The van der Waals surface area contributed by atoms with Gasteiger partial charge in [-0.3, -0.25) is 14.9 Å². The number of hydrogen-bond donors (Lipinski definition) is 1. The number of ether oxygens (including phenoxy) is 2. The lowest BCUT2D eigenvalue weighted by molar-refractivity contribution is -0.149. The van der Waals surface area contributed by atoms with E-state index < -0.39 is 0 Å². The fourth-order valence-electron chi connectivity index (χ4n) is 5.57. The predicted octanol–water partition coefficient (Wildman–Crippen LogP) is 6.39. The highest BCUT2D eigenvalue weighted by Gasteiger charge is 2.27. The van der Waals surface area contributed by atoms with E-state index in [2.05, 4.69) is 29.1 Å². The average Bonchev–Trinajstić information content (AvgIpc) is 3.51. The van der Waals surface area contributed by atoms with Crippen LogP contribution in [0.1, 0.15) is 109 Å². The van der Waals surface area contributed by atoms with Crippen molar-refractivity contribution < 1.29 is 23.9 Å². The maximum absolute atomic E-state index is 13.0. The van der Waals surface area contributed by atoms with Gasteiger partial charge in [-0.15, -0.1) is 0 Å². The van der Waals surface area contributed by atoms with Crippen molar-refractivity contribution in [2.45, 2.75) is 116 Å². The second-order valence-electron chi connectivity index (χ2n) is 12.3. The third-order valence-electron chi connectivity index (χ3n) is 8.20. The van der Waals surface area contributed by atoms with E-state index in [0.29, 0.717) is 43.4 Å².